The Bertz CT molecular complexity index is 1640. The highest BCUT2D eigenvalue weighted by molar-refractivity contribution is 8.04. The van der Waals surface area contributed by atoms with E-state index >= 15 is 0 Å². The van der Waals surface area contributed by atoms with Gasteiger partial charge in [0.1, 0.15) is 0 Å². The summed E-state index contributed by atoms with van der Waals surface area (Å²) in [5.41, 5.74) is 4.68. The maximum atomic E-state index is 13.6. The van der Waals surface area contributed by atoms with E-state index in [1.165, 1.54) is 17.3 Å². The summed E-state index contributed by atoms with van der Waals surface area (Å²) in [6.45, 7) is 6.93. The van der Waals surface area contributed by atoms with Crippen LogP contribution in [0.1, 0.15) is 27.0 Å². The molecule has 0 bridgehead atoms. The number of rotatable bonds is 9. The molecule has 224 valence electrons. The summed E-state index contributed by atoms with van der Waals surface area (Å²) in [4.78, 5) is 34.8. The van der Waals surface area contributed by atoms with Gasteiger partial charge in [0.25, 0.3) is 11.8 Å². The van der Waals surface area contributed by atoms with E-state index in [1.807, 2.05) is 78.9 Å². The van der Waals surface area contributed by atoms with E-state index in [9.17, 15) is 9.59 Å². The van der Waals surface area contributed by atoms with Crippen LogP contribution in [0.2, 0.25) is 5.02 Å². The number of anilines is 1. The molecule has 0 atom stereocenters. The number of piperazine rings is 1. The third kappa shape index (κ3) is 7.60. The van der Waals surface area contributed by atoms with Crippen LogP contribution >= 0.6 is 23.4 Å². The summed E-state index contributed by atoms with van der Waals surface area (Å²) in [6.07, 6.45) is 1.90. The third-order valence-electron chi connectivity index (χ3n) is 7.96. The topological polar surface area (TPSA) is 55.9 Å². The lowest BCUT2D eigenvalue weighted by atomic mass is 10.1. The molecule has 1 N–H and O–H groups in total. The molecular weight excluding hydrogens is 588 g/mol. The van der Waals surface area contributed by atoms with Gasteiger partial charge in [-0.2, -0.15) is 0 Å². The van der Waals surface area contributed by atoms with Crippen molar-refractivity contribution in [2.45, 2.75) is 18.0 Å². The summed E-state index contributed by atoms with van der Waals surface area (Å²) < 4.78 is 0. The number of para-hydroxylation sites is 1. The van der Waals surface area contributed by atoms with Crippen molar-refractivity contribution in [2.75, 3.05) is 44.2 Å². The molecule has 6 rings (SSSR count). The maximum Gasteiger partial charge on any atom is 0.265 e. The number of hydrogen-bond acceptors (Lipinski definition) is 5. The van der Waals surface area contributed by atoms with Gasteiger partial charge in [0.2, 0.25) is 0 Å². The molecule has 0 unspecified atom stereocenters. The standard InChI is InChI=1S/C36H35ClN4O2S/c37-31-10-6-9-29(23-31)26-41-32-11-4-5-12-33(32)44-34(36(41)43)24-27-13-15-30(16-14-27)35(42)38-17-18-39-19-21-40(22-20-39)25-28-7-2-1-3-8-28/h1-16,23-24H,17-22,25-26H2,(H,38,42)/b34-24+. The molecule has 44 heavy (non-hydrogen) atoms. The molecule has 4 aromatic carbocycles. The Morgan fingerprint density at radius 1 is 0.795 bits per heavy atom. The number of nitrogens with zero attached hydrogens (tertiary/aromatic N) is 3. The molecule has 0 aliphatic carbocycles. The summed E-state index contributed by atoms with van der Waals surface area (Å²) in [7, 11) is 0. The van der Waals surface area contributed by atoms with Crippen LogP contribution < -0.4 is 10.2 Å². The number of halogens is 1. The smallest absolute Gasteiger partial charge is 0.265 e. The lowest BCUT2D eigenvalue weighted by molar-refractivity contribution is -0.114. The summed E-state index contributed by atoms with van der Waals surface area (Å²) in [6, 6.07) is 33.5. The van der Waals surface area contributed by atoms with Crippen LogP contribution in [0.3, 0.4) is 0 Å². The quantitative estimate of drug-likeness (QED) is 0.214. The molecule has 4 aromatic rings. The van der Waals surface area contributed by atoms with Crippen LogP contribution in [0.25, 0.3) is 6.08 Å². The van der Waals surface area contributed by atoms with Crippen LogP contribution in [0.5, 0.6) is 0 Å². The van der Waals surface area contributed by atoms with Gasteiger partial charge in [-0.05, 0) is 59.2 Å². The fraction of sp³-hybridized carbons (Fsp3) is 0.222. The highest BCUT2D eigenvalue weighted by atomic mass is 35.5. The van der Waals surface area contributed by atoms with E-state index in [4.69, 9.17) is 11.6 Å². The second-order valence-corrected chi connectivity index (χ2v) is 12.6. The number of carbonyl (C=O) groups excluding carboxylic acids is 2. The fourth-order valence-corrected chi connectivity index (χ4v) is 6.83. The molecule has 1 saturated heterocycles. The Hall–Kier alpha value is -3.88. The fourth-order valence-electron chi connectivity index (χ4n) is 5.56. The van der Waals surface area contributed by atoms with Gasteiger partial charge in [-0.3, -0.25) is 19.4 Å². The lowest BCUT2D eigenvalue weighted by Crippen LogP contribution is -2.48. The van der Waals surface area contributed by atoms with Gasteiger partial charge in [0.15, 0.2) is 0 Å². The molecule has 2 aliphatic heterocycles. The third-order valence-corrected chi connectivity index (χ3v) is 9.27. The minimum atomic E-state index is -0.0864. The van der Waals surface area contributed by atoms with E-state index in [0.29, 0.717) is 28.6 Å². The van der Waals surface area contributed by atoms with E-state index in [-0.39, 0.29) is 11.8 Å². The first-order chi connectivity index (χ1) is 21.5. The predicted molar refractivity (Wildman–Crippen MR) is 180 cm³/mol. The highest BCUT2D eigenvalue weighted by Crippen LogP contribution is 2.42. The van der Waals surface area contributed by atoms with Gasteiger partial charge < -0.3 is 10.2 Å². The molecule has 8 heteroatoms. The Balaban J connectivity index is 1.03. The zero-order chi connectivity index (χ0) is 30.3. The zero-order valence-electron chi connectivity index (χ0n) is 24.5. The number of carbonyl (C=O) groups is 2. The Labute approximate surface area is 268 Å². The number of benzene rings is 4. The first-order valence-electron chi connectivity index (χ1n) is 14.9. The van der Waals surface area contributed by atoms with E-state index in [0.717, 1.165) is 61.0 Å². The van der Waals surface area contributed by atoms with Crippen molar-refractivity contribution in [3.05, 3.63) is 135 Å². The van der Waals surface area contributed by atoms with Crippen molar-refractivity contribution in [2.24, 2.45) is 0 Å². The molecule has 2 heterocycles. The van der Waals surface area contributed by atoms with Crippen LogP contribution in [-0.2, 0) is 17.9 Å². The molecule has 0 radical (unpaired) electrons. The Kier molecular flexibility index (Phi) is 9.78. The first-order valence-corrected chi connectivity index (χ1v) is 16.1. The average molecular weight is 623 g/mol. The van der Waals surface area contributed by atoms with Gasteiger partial charge in [0, 0.05) is 61.3 Å². The molecule has 6 nitrogen and oxygen atoms in total. The number of hydrogen-bond donors (Lipinski definition) is 1. The minimum Gasteiger partial charge on any atom is -0.351 e. The number of nitrogens with one attached hydrogen (secondary N) is 1. The average Bonchev–Trinajstić information content (AvgIpc) is 3.05. The maximum absolute atomic E-state index is 13.6. The van der Waals surface area contributed by atoms with Gasteiger partial charge in [-0.1, -0.05) is 90.1 Å². The van der Waals surface area contributed by atoms with Crippen molar-refractivity contribution in [1.82, 2.24) is 15.1 Å². The molecule has 0 saturated carbocycles. The SMILES string of the molecule is O=C(NCCN1CCN(Cc2ccccc2)CC1)c1ccc(/C=C2/Sc3ccccc3N(Cc3cccc(Cl)c3)C2=O)cc1. The van der Waals surface area contributed by atoms with Crippen molar-refractivity contribution < 1.29 is 9.59 Å². The Morgan fingerprint density at radius 2 is 1.50 bits per heavy atom. The predicted octanol–water partition coefficient (Wildman–Crippen LogP) is 6.57. The summed E-state index contributed by atoms with van der Waals surface area (Å²) in [5, 5.41) is 3.71. The molecule has 2 amide bonds. The second kappa shape index (κ2) is 14.3. The summed E-state index contributed by atoms with van der Waals surface area (Å²) in [5.74, 6) is -0.145. The molecule has 0 spiro atoms. The van der Waals surface area contributed by atoms with Gasteiger partial charge in [0.05, 0.1) is 17.1 Å². The molecular formula is C36H35ClN4O2S. The van der Waals surface area contributed by atoms with Crippen molar-refractivity contribution in [1.29, 1.82) is 0 Å². The van der Waals surface area contributed by atoms with Crippen LogP contribution in [0.15, 0.2) is 113 Å². The van der Waals surface area contributed by atoms with Gasteiger partial charge in [-0.25, -0.2) is 0 Å². The molecule has 1 fully saturated rings. The van der Waals surface area contributed by atoms with Crippen molar-refractivity contribution in [3.63, 3.8) is 0 Å². The minimum absolute atomic E-state index is 0.0589. The monoisotopic (exact) mass is 622 g/mol. The van der Waals surface area contributed by atoms with Crippen LogP contribution in [-0.4, -0.2) is 60.9 Å². The second-order valence-electron chi connectivity index (χ2n) is 11.1. The van der Waals surface area contributed by atoms with Gasteiger partial charge in [-0.15, -0.1) is 0 Å². The van der Waals surface area contributed by atoms with E-state index in [1.54, 1.807) is 4.90 Å². The van der Waals surface area contributed by atoms with Crippen LogP contribution in [0, 0.1) is 0 Å². The van der Waals surface area contributed by atoms with Crippen LogP contribution in [0.4, 0.5) is 5.69 Å². The lowest BCUT2D eigenvalue weighted by Gasteiger charge is -2.34. The van der Waals surface area contributed by atoms with E-state index < -0.39 is 0 Å². The zero-order valence-corrected chi connectivity index (χ0v) is 26.1. The first kappa shape index (κ1) is 30.2. The number of thioether (sulfide) groups is 1. The molecule has 0 aromatic heterocycles. The normalized spacial score (nSPS) is 16.6. The van der Waals surface area contributed by atoms with Crippen molar-refractivity contribution >= 4 is 46.9 Å². The van der Waals surface area contributed by atoms with E-state index in [2.05, 4.69) is 45.4 Å². The number of fused-ring (bicyclic) bond motifs is 1. The summed E-state index contributed by atoms with van der Waals surface area (Å²) >= 11 is 7.68. The molecule has 2 aliphatic rings. The largest absolute Gasteiger partial charge is 0.351 e. The highest BCUT2D eigenvalue weighted by Gasteiger charge is 2.29. The van der Waals surface area contributed by atoms with Crippen molar-refractivity contribution in [3.8, 4) is 0 Å². The Morgan fingerprint density at radius 3 is 2.27 bits per heavy atom. The van der Waals surface area contributed by atoms with Gasteiger partial charge >= 0.3 is 0 Å². The number of amides is 2.